The van der Waals surface area contributed by atoms with Crippen molar-refractivity contribution in [1.29, 1.82) is 0 Å². The van der Waals surface area contributed by atoms with Crippen LogP contribution in [0.5, 0.6) is 0 Å². The monoisotopic (exact) mass is 517 g/mol. The molecule has 2 aromatic carbocycles. The largest absolute Gasteiger partial charge is 0.354 e. The SMILES string of the molecule is CCCNC(=O)[C@H]1COC2(CCN(C(=O)c3ccc(Cl)c(Cl)c3)CC2)N1C(=O)c1cccc(C)c1. The molecule has 0 saturated carbocycles. The van der Waals surface area contributed by atoms with Gasteiger partial charge in [-0.1, -0.05) is 47.8 Å². The quantitative estimate of drug-likeness (QED) is 0.641. The zero-order valence-corrected chi connectivity index (χ0v) is 21.4. The summed E-state index contributed by atoms with van der Waals surface area (Å²) in [4.78, 5) is 43.1. The number of nitrogens with one attached hydrogen (secondary N) is 1. The van der Waals surface area contributed by atoms with Gasteiger partial charge in [0.25, 0.3) is 11.8 Å². The van der Waals surface area contributed by atoms with Crippen molar-refractivity contribution < 1.29 is 19.1 Å². The van der Waals surface area contributed by atoms with Crippen molar-refractivity contribution in [1.82, 2.24) is 15.1 Å². The molecule has 9 heteroatoms. The molecule has 4 rings (SSSR count). The third kappa shape index (κ3) is 5.17. The molecule has 1 atom stereocenters. The van der Waals surface area contributed by atoms with Crippen molar-refractivity contribution >= 4 is 40.9 Å². The second-order valence-corrected chi connectivity index (χ2v) is 9.84. The average Bonchev–Trinajstić information content (AvgIpc) is 3.22. The molecule has 3 amide bonds. The molecule has 1 N–H and O–H groups in total. The van der Waals surface area contributed by atoms with Gasteiger partial charge in [0.1, 0.15) is 11.8 Å². The maximum Gasteiger partial charge on any atom is 0.256 e. The Morgan fingerprint density at radius 1 is 1.03 bits per heavy atom. The van der Waals surface area contributed by atoms with Gasteiger partial charge in [-0.2, -0.15) is 0 Å². The Labute approximate surface area is 215 Å². The van der Waals surface area contributed by atoms with E-state index in [2.05, 4.69) is 5.32 Å². The summed E-state index contributed by atoms with van der Waals surface area (Å²) in [7, 11) is 0. The summed E-state index contributed by atoms with van der Waals surface area (Å²) in [5.41, 5.74) is 0.965. The zero-order chi connectivity index (χ0) is 25.2. The van der Waals surface area contributed by atoms with E-state index in [1.54, 1.807) is 34.1 Å². The van der Waals surface area contributed by atoms with Crippen LogP contribution in [0.4, 0.5) is 0 Å². The Bertz CT molecular complexity index is 1130. The average molecular weight is 518 g/mol. The fraction of sp³-hybridized carbons (Fsp3) is 0.423. The molecule has 1 spiro atoms. The number of halogens is 2. The number of amides is 3. The zero-order valence-electron chi connectivity index (χ0n) is 19.9. The molecular formula is C26H29Cl2N3O4. The summed E-state index contributed by atoms with van der Waals surface area (Å²) in [6.45, 7) is 5.29. The van der Waals surface area contributed by atoms with E-state index in [0.29, 0.717) is 53.6 Å². The Morgan fingerprint density at radius 3 is 2.40 bits per heavy atom. The van der Waals surface area contributed by atoms with Crippen molar-refractivity contribution in [3.05, 3.63) is 69.2 Å². The Morgan fingerprint density at radius 2 is 1.74 bits per heavy atom. The van der Waals surface area contributed by atoms with Gasteiger partial charge in [0.05, 0.1) is 16.7 Å². The third-order valence-electron chi connectivity index (χ3n) is 6.59. The third-order valence-corrected chi connectivity index (χ3v) is 7.33. The molecule has 186 valence electrons. The molecule has 0 unspecified atom stereocenters. The minimum atomic E-state index is -0.955. The van der Waals surface area contributed by atoms with Crippen molar-refractivity contribution in [2.45, 2.75) is 44.9 Å². The van der Waals surface area contributed by atoms with Gasteiger partial charge in [-0.25, -0.2) is 0 Å². The van der Waals surface area contributed by atoms with Crippen LogP contribution in [-0.4, -0.2) is 65.5 Å². The van der Waals surface area contributed by atoms with Crippen molar-refractivity contribution in [3.8, 4) is 0 Å². The van der Waals surface area contributed by atoms with Crippen molar-refractivity contribution in [2.75, 3.05) is 26.2 Å². The van der Waals surface area contributed by atoms with Gasteiger partial charge in [-0.15, -0.1) is 0 Å². The van der Waals surface area contributed by atoms with Crippen LogP contribution < -0.4 is 5.32 Å². The Kier molecular flexibility index (Phi) is 7.69. The molecule has 2 fully saturated rings. The molecule has 0 aromatic heterocycles. The molecule has 2 aliphatic heterocycles. The van der Waals surface area contributed by atoms with E-state index in [4.69, 9.17) is 27.9 Å². The number of hydrogen-bond acceptors (Lipinski definition) is 4. The van der Waals surface area contributed by atoms with Crippen molar-refractivity contribution in [2.24, 2.45) is 0 Å². The topological polar surface area (TPSA) is 79.0 Å². The first kappa shape index (κ1) is 25.5. The number of benzene rings is 2. The fourth-order valence-electron chi connectivity index (χ4n) is 4.72. The normalized spacial score (nSPS) is 19.1. The van der Waals surface area contributed by atoms with E-state index in [9.17, 15) is 14.4 Å². The van der Waals surface area contributed by atoms with Gasteiger partial charge >= 0.3 is 0 Å². The van der Waals surface area contributed by atoms with Crippen molar-refractivity contribution in [3.63, 3.8) is 0 Å². The van der Waals surface area contributed by atoms with E-state index in [0.717, 1.165) is 12.0 Å². The first-order chi connectivity index (χ1) is 16.8. The standard InChI is InChI=1S/C26H29Cl2N3O4/c1-3-11-29-23(32)22-16-35-26(31(22)25(34)18-6-4-5-17(2)14-18)9-12-30(13-10-26)24(33)19-7-8-20(27)21(28)15-19/h4-8,14-15,22H,3,9-13,16H2,1-2H3,(H,29,32)/t22-/m1/s1. The predicted molar refractivity (Wildman–Crippen MR) is 135 cm³/mol. The minimum absolute atomic E-state index is 0.119. The number of piperidine rings is 1. The molecule has 0 aliphatic carbocycles. The lowest BCUT2D eigenvalue weighted by molar-refractivity contribution is -0.128. The van der Waals surface area contributed by atoms with Crippen LogP contribution in [0.1, 0.15) is 52.5 Å². The van der Waals surface area contributed by atoms with Gasteiger partial charge in [0.15, 0.2) is 0 Å². The van der Waals surface area contributed by atoms with Gasteiger partial charge in [0.2, 0.25) is 5.91 Å². The molecule has 35 heavy (non-hydrogen) atoms. The highest BCUT2D eigenvalue weighted by atomic mass is 35.5. The smallest absolute Gasteiger partial charge is 0.256 e. The number of carbonyl (C=O) groups excluding carboxylic acids is 3. The maximum atomic E-state index is 13.7. The molecule has 2 saturated heterocycles. The van der Waals surface area contributed by atoms with Gasteiger partial charge < -0.3 is 15.0 Å². The second kappa shape index (κ2) is 10.6. The predicted octanol–water partition coefficient (Wildman–Crippen LogP) is 4.30. The second-order valence-electron chi connectivity index (χ2n) is 9.03. The van der Waals surface area contributed by atoms with Gasteiger partial charge in [0, 0.05) is 43.6 Å². The number of rotatable bonds is 5. The van der Waals surface area contributed by atoms with Gasteiger partial charge in [-0.3, -0.25) is 19.3 Å². The summed E-state index contributed by atoms with van der Waals surface area (Å²) in [5, 5.41) is 3.61. The van der Waals surface area contributed by atoms with E-state index in [-0.39, 0.29) is 24.3 Å². The first-order valence-corrected chi connectivity index (χ1v) is 12.6. The molecule has 2 aliphatic rings. The number of aryl methyl sites for hydroxylation is 1. The Hall–Kier alpha value is -2.61. The van der Waals surface area contributed by atoms with Crippen LogP contribution >= 0.6 is 23.2 Å². The van der Waals surface area contributed by atoms with E-state index in [1.165, 1.54) is 0 Å². The molecule has 2 heterocycles. The van der Waals surface area contributed by atoms with E-state index in [1.807, 2.05) is 32.0 Å². The molecule has 7 nitrogen and oxygen atoms in total. The molecule has 0 radical (unpaired) electrons. The summed E-state index contributed by atoms with van der Waals surface area (Å²) < 4.78 is 6.22. The number of ether oxygens (including phenoxy) is 1. The summed E-state index contributed by atoms with van der Waals surface area (Å²) in [5.74, 6) is -0.628. The number of likely N-dealkylation sites (tertiary alicyclic amines) is 1. The Balaban J connectivity index is 1.57. The number of carbonyl (C=O) groups is 3. The highest BCUT2D eigenvalue weighted by molar-refractivity contribution is 6.42. The van der Waals surface area contributed by atoms with Crippen LogP contribution in [0.3, 0.4) is 0 Å². The lowest BCUT2D eigenvalue weighted by atomic mass is 9.95. The molecule has 2 aromatic rings. The summed E-state index contributed by atoms with van der Waals surface area (Å²) in [6, 6.07) is 11.4. The van der Waals surface area contributed by atoms with E-state index >= 15 is 0 Å². The van der Waals surface area contributed by atoms with Gasteiger partial charge in [-0.05, 0) is 43.7 Å². The van der Waals surface area contributed by atoms with Crippen LogP contribution in [0.2, 0.25) is 10.0 Å². The molecule has 0 bridgehead atoms. The van der Waals surface area contributed by atoms with E-state index < -0.39 is 11.8 Å². The van der Waals surface area contributed by atoms with Crippen LogP contribution in [0, 0.1) is 6.92 Å². The minimum Gasteiger partial charge on any atom is -0.354 e. The summed E-state index contributed by atoms with van der Waals surface area (Å²) in [6.07, 6.45) is 1.59. The highest BCUT2D eigenvalue weighted by Crippen LogP contribution is 2.39. The number of nitrogens with zero attached hydrogens (tertiary/aromatic N) is 2. The van der Waals surface area contributed by atoms with Crippen LogP contribution in [0.25, 0.3) is 0 Å². The summed E-state index contributed by atoms with van der Waals surface area (Å²) >= 11 is 12.1. The van der Waals surface area contributed by atoms with Crippen LogP contribution in [0.15, 0.2) is 42.5 Å². The number of hydrogen-bond donors (Lipinski definition) is 1. The maximum absolute atomic E-state index is 13.7. The lowest BCUT2D eigenvalue weighted by Crippen LogP contribution is -2.59. The molecular weight excluding hydrogens is 489 g/mol. The highest BCUT2D eigenvalue weighted by Gasteiger charge is 2.54. The van der Waals surface area contributed by atoms with Crippen LogP contribution in [-0.2, 0) is 9.53 Å². The fourth-order valence-corrected chi connectivity index (χ4v) is 5.02. The lowest BCUT2D eigenvalue weighted by Gasteiger charge is -2.44. The first-order valence-electron chi connectivity index (χ1n) is 11.8.